The van der Waals surface area contributed by atoms with Gasteiger partial charge in [0.25, 0.3) is 0 Å². The third kappa shape index (κ3) is 4.69. The van der Waals surface area contributed by atoms with Crippen LogP contribution in [-0.2, 0) is 6.18 Å². The number of pyridine rings is 1. The Labute approximate surface area is 248 Å². The summed E-state index contributed by atoms with van der Waals surface area (Å²) in [6.07, 6.45) is -3.98. The quantitative estimate of drug-likeness (QED) is 0.322. The normalized spacial score (nSPS) is 27.1. The summed E-state index contributed by atoms with van der Waals surface area (Å²) in [7, 11) is 1.80. The van der Waals surface area contributed by atoms with Gasteiger partial charge in [0.05, 0.1) is 22.7 Å². The minimum absolute atomic E-state index is 0.0127. The number of anilines is 2. The Morgan fingerprint density at radius 3 is 2.84 bits per heavy atom. The Morgan fingerprint density at radius 1 is 1.23 bits per heavy atom. The Morgan fingerprint density at radius 2 is 2.05 bits per heavy atom. The van der Waals surface area contributed by atoms with Crippen molar-refractivity contribution in [3.8, 4) is 23.1 Å². The number of nitrogens with two attached hydrogens (primary N) is 1. The molecule has 3 fully saturated rings. The van der Waals surface area contributed by atoms with Crippen molar-refractivity contribution < 1.29 is 31.4 Å². The lowest BCUT2D eigenvalue weighted by Crippen LogP contribution is -2.44. The van der Waals surface area contributed by atoms with E-state index in [4.69, 9.17) is 26.8 Å². The van der Waals surface area contributed by atoms with Crippen LogP contribution in [0.25, 0.3) is 22.2 Å². The molecule has 0 saturated carbocycles. The van der Waals surface area contributed by atoms with Gasteiger partial charge in [-0.05, 0) is 31.5 Å². The molecule has 4 aliphatic heterocycles. The molecule has 2 unspecified atom stereocenters. The molecule has 6 heterocycles. The average molecular weight is 626 g/mol. The highest BCUT2D eigenvalue weighted by molar-refractivity contribution is 6.32. The number of nitrogen functional groups attached to an aromatic ring is 1. The molecule has 15 heteroatoms. The van der Waals surface area contributed by atoms with Gasteiger partial charge in [0.2, 0.25) is 5.88 Å². The molecule has 3 N–H and O–H groups in total. The van der Waals surface area contributed by atoms with Gasteiger partial charge in [-0.3, -0.25) is 4.90 Å². The first-order valence-corrected chi connectivity index (χ1v) is 14.5. The van der Waals surface area contributed by atoms with Crippen LogP contribution in [-0.4, -0.2) is 84.0 Å². The predicted octanol–water partition coefficient (Wildman–Crippen LogP) is 4.46. The monoisotopic (exact) mass is 625 g/mol. The molecule has 3 saturated heterocycles. The summed E-state index contributed by atoms with van der Waals surface area (Å²) < 4.78 is 85.6. The number of benzene rings is 1. The van der Waals surface area contributed by atoms with E-state index in [1.165, 1.54) is 0 Å². The molecule has 1 aromatic carbocycles. The van der Waals surface area contributed by atoms with E-state index in [1.54, 1.807) is 7.05 Å². The van der Waals surface area contributed by atoms with E-state index in [1.807, 2.05) is 4.90 Å². The number of fused-ring (bicyclic) bond motifs is 2. The van der Waals surface area contributed by atoms with Crippen LogP contribution in [0.4, 0.5) is 33.5 Å². The van der Waals surface area contributed by atoms with Crippen LogP contribution < -0.4 is 25.4 Å². The van der Waals surface area contributed by atoms with Gasteiger partial charge in [0, 0.05) is 56.3 Å². The van der Waals surface area contributed by atoms with Crippen molar-refractivity contribution in [1.82, 2.24) is 25.2 Å². The highest BCUT2D eigenvalue weighted by Crippen LogP contribution is 2.46. The van der Waals surface area contributed by atoms with Gasteiger partial charge < -0.3 is 25.4 Å². The zero-order chi connectivity index (χ0) is 30.3. The van der Waals surface area contributed by atoms with Crippen LogP contribution in [0, 0.1) is 11.7 Å². The van der Waals surface area contributed by atoms with Crippen LogP contribution in [0.2, 0.25) is 5.02 Å². The first-order valence-electron chi connectivity index (χ1n) is 14.1. The smallest absolute Gasteiger partial charge is 0.418 e. The van der Waals surface area contributed by atoms with Gasteiger partial charge in [0.15, 0.2) is 5.82 Å². The summed E-state index contributed by atoms with van der Waals surface area (Å²) >= 11 is 5.99. The number of halogens is 6. The molecule has 4 aliphatic rings. The topological polar surface area (TPSA) is 102 Å². The molecule has 0 radical (unpaired) electrons. The number of hydrogen-bond donors (Lipinski definition) is 2. The molecular formula is C28H29ClF5N7O2. The fourth-order valence-corrected chi connectivity index (χ4v) is 7.48. The van der Waals surface area contributed by atoms with E-state index in [0.29, 0.717) is 26.1 Å². The lowest BCUT2D eigenvalue weighted by Gasteiger charge is -2.34. The number of likely N-dealkylation sites (N-methyl/N-ethyl adjacent to an activating group) is 1. The SMILES string of the molecule is CN1c2nc(OC[C@@]34CCCN3C[C@H](F)C4)nc3c(F)c(-c4cc(N)cc(Cl)c4C(F)(F)F)nc(c23)OCC2CNCC21. The van der Waals surface area contributed by atoms with Gasteiger partial charge in [0.1, 0.15) is 35.2 Å². The summed E-state index contributed by atoms with van der Waals surface area (Å²) in [5, 5.41) is 2.73. The zero-order valence-corrected chi connectivity index (χ0v) is 23.9. The minimum Gasteiger partial charge on any atom is -0.477 e. The summed E-state index contributed by atoms with van der Waals surface area (Å²) in [5.74, 6) is -0.998. The van der Waals surface area contributed by atoms with Crippen molar-refractivity contribution in [2.24, 2.45) is 5.92 Å². The molecule has 7 rings (SSSR count). The van der Waals surface area contributed by atoms with Crippen molar-refractivity contribution in [2.45, 2.75) is 43.2 Å². The molecule has 4 atom stereocenters. The summed E-state index contributed by atoms with van der Waals surface area (Å²) in [5.41, 5.74) is 2.32. The molecule has 0 spiro atoms. The van der Waals surface area contributed by atoms with Crippen LogP contribution in [0.5, 0.6) is 11.9 Å². The molecule has 43 heavy (non-hydrogen) atoms. The molecule has 2 aromatic heterocycles. The lowest BCUT2D eigenvalue weighted by atomic mass is 9.95. The molecule has 0 aliphatic carbocycles. The second-order valence-electron chi connectivity index (χ2n) is 11.8. The predicted molar refractivity (Wildman–Crippen MR) is 150 cm³/mol. The summed E-state index contributed by atoms with van der Waals surface area (Å²) in [4.78, 5) is 17.2. The number of nitrogens with zero attached hydrogens (tertiary/aromatic N) is 5. The number of hydrogen-bond acceptors (Lipinski definition) is 9. The fourth-order valence-electron chi connectivity index (χ4n) is 7.14. The van der Waals surface area contributed by atoms with Crippen molar-refractivity contribution in [3.63, 3.8) is 0 Å². The first-order chi connectivity index (χ1) is 20.4. The Hall–Kier alpha value is -3.23. The molecule has 230 valence electrons. The van der Waals surface area contributed by atoms with Crippen LogP contribution >= 0.6 is 11.6 Å². The number of rotatable bonds is 4. The highest BCUT2D eigenvalue weighted by atomic mass is 35.5. The maximum atomic E-state index is 16.5. The third-order valence-corrected chi connectivity index (χ3v) is 9.46. The number of alkyl halides is 4. The van der Waals surface area contributed by atoms with Crippen molar-refractivity contribution in [2.75, 3.05) is 57.1 Å². The van der Waals surface area contributed by atoms with E-state index in [-0.39, 0.29) is 59.5 Å². The van der Waals surface area contributed by atoms with E-state index in [2.05, 4.69) is 25.2 Å². The highest BCUT2D eigenvalue weighted by Gasteiger charge is 2.49. The van der Waals surface area contributed by atoms with Crippen molar-refractivity contribution in [3.05, 3.63) is 28.5 Å². The van der Waals surface area contributed by atoms with E-state index in [0.717, 1.165) is 31.5 Å². The molecule has 9 nitrogen and oxygen atoms in total. The molecular weight excluding hydrogens is 597 g/mol. The van der Waals surface area contributed by atoms with E-state index < -0.39 is 45.5 Å². The Bertz CT molecular complexity index is 1610. The van der Waals surface area contributed by atoms with Crippen LogP contribution in [0.1, 0.15) is 24.8 Å². The largest absolute Gasteiger partial charge is 0.477 e. The van der Waals surface area contributed by atoms with Crippen molar-refractivity contribution in [1.29, 1.82) is 0 Å². The number of ether oxygens (including phenoxy) is 2. The Kier molecular flexibility index (Phi) is 6.74. The van der Waals surface area contributed by atoms with Gasteiger partial charge in [-0.15, -0.1) is 0 Å². The lowest BCUT2D eigenvalue weighted by molar-refractivity contribution is -0.137. The number of nitrogens with one attached hydrogen (secondary N) is 1. The van der Waals surface area contributed by atoms with Gasteiger partial charge in [-0.2, -0.15) is 23.1 Å². The summed E-state index contributed by atoms with van der Waals surface area (Å²) in [6, 6.07) is 1.68. The number of aromatic nitrogens is 3. The second kappa shape index (κ2) is 10.2. The standard InChI is InChI=1S/C28H29ClF5N7O2/c1-40-18-9-36-8-13(18)11-42-25-19-23(21(31)22(37-25)16-5-15(35)6-17(29)20(16)28(32,33)34)38-26(39-24(19)40)43-12-27-3-2-4-41(27)10-14(30)7-27/h5-6,13-14,18,36H,2-4,7-12,35H2,1H3/t13?,14-,18?,27+/m1/s1. The fraction of sp³-hybridized carbons (Fsp3) is 0.536. The molecule has 0 amide bonds. The summed E-state index contributed by atoms with van der Waals surface area (Å²) in [6.45, 7) is 2.58. The van der Waals surface area contributed by atoms with Gasteiger partial charge >= 0.3 is 12.2 Å². The van der Waals surface area contributed by atoms with E-state index in [9.17, 15) is 17.6 Å². The average Bonchev–Trinajstić information content (AvgIpc) is 3.63. The third-order valence-electron chi connectivity index (χ3n) is 9.16. The van der Waals surface area contributed by atoms with Crippen LogP contribution in [0.3, 0.4) is 0 Å². The Balaban J connectivity index is 1.41. The minimum atomic E-state index is -4.94. The molecule has 0 bridgehead atoms. The van der Waals surface area contributed by atoms with Crippen molar-refractivity contribution >= 4 is 34.0 Å². The first kappa shape index (κ1) is 28.5. The molecule has 3 aromatic rings. The van der Waals surface area contributed by atoms with Crippen LogP contribution in [0.15, 0.2) is 12.1 Å². The maximum absolute atomic E-state index is 16.5. The van der Waals surface area contributed by atoms with E-state index >= 15 is 4.39 Å². The zero-order valence-electron chi connectivity index (χ0n) is 23.1. The maximum Gasteiger partial charge on any atom is 0.418 e. The van der Waals surface area contributed by atoms with Gasteiger partial charge in [-0.25, -0.2) is 13.8 Å². The van der Waals surface area contributed by atoms with Gasteiger partial charge in [-0.1, -0.05) is 11.6 Å². The second-order valence-corrected chi connectivity index (χ2v) is 12.2.